The van der Waals surface area contributed by atoms with E-state index >= 15 is 0 Å². The van der Waals surface area contributed by atoms with Gasteiger partial charge in [0.25, 0.3) is 0 Å². The second-order valence-electron chi connectivity index (χ2n) is 12.7. The fourth-order valence-corrected chi connectivity index (χ4v) is 6.65. The Hall–Kier alpha value is -6.92. The molecule has 9 aromatic rings. The summed E-state index contributed by atoms with van der Waals surface area (Å²) in [5, 5.41) is 2.22. The van der Waals surface area contributed by atoms with Gasteiger partial charge in [-0.15, -0.1) is 0 Å². The SMILES string of the molecule is CCc1cc(-c2ccc(-c3cccc(-c4nc(-c5ccccc5)nc(-c5ccccn5)n4)c3)cc2)nc2c1ccc1ccc(-c3ccccc3)nc12. The first-order valence-corrected chi connectivity index (χ1v) is 17.4. The van der Waals surface area contributed by atoms with Crippen molar-refractivity contribution in [2.45, 2.75) is 13.3 Å². The van der Waals surface area contributed by atoms with Crippen LogP contribution < -0.4 is 0 Å². The van der Waals surface area contributed by atoms with Gasteiger partial charge in [0.1, 0.15) is 5.69 Å². The second-order valence-corrected chi connectivity index (χ2v) is 12.7. The lowest BCUT2D eigenvalue weighted by Gasteiger charge is -2.12. The molecule has 0 saturated carbocycles. The van der Waals surface area contributed by atoms with E-state index in [1.54, 1.807) is 6.20 Å². The molecule has 4 aromatic heterocycles. The molecule has 0 unspecified atom stereocenters. The van der Waals surface area contributed by atoms with Crippen LogP contribution >= 0.6 is 0 Å². The summed E-state index contributed by atoms with van der Waals surface area (Å²) in [6.07, 6.45) is 2.65. The van der Waals surface area contributed by atoms with Gasteiger partial charge in [-0.25, -0.2) is 24.9 Å². The molecular formula is C46H32N6. The van der Waals surface area contributed by atoms with E-state index in [0.29, 0.717) is 23.2 Å². The van der Waals surface area contributed by atoms with Crippen molar-refractivity contribution in [2.24, 2.45) is 0 Å². The molecule has 6 nitrogen and oxygen atoms in total. The molecule has 0 aliphatic rings. The number of benzene rings is 5. The van der Waals surface area contributed by atoms with Gasteiger partial charge >= 0.3 is 0 Å². The van der Waals surface area contributed by atoms with Crippen molar-refractivity contribution in [3.05, 3.63) is 169 Å². The summed E-state index contributed by atoms with van der Waals surface area (Å²) in [6, 6.07) is 53.8. The minimum Gasteiger partial charge on any atom is -0.253 e. The zero-order chi connectivity index (χ0) is 34.9. The number of rotatable bonds is 7. The number of hydrogen-bond acceptors (Lipinski definition) is 6. The van der Waals surface area contributed by atoms with Crippen LogP contribution in [0.3, 0.4) is 0 Å². The number of aromatic nitrogens is 6. The molecule has 246 valence electrons. The van der Waals surface area contributed by atoms with Crippen molar-refractivity contribution < 1.29 is 0 Å². The average molecular weight is 669 g/mol. The van der Waals surface area contributed by atoms with Crippen LogP contribution in [-0.4, -0.2) is 29.9 Å². The smallest absolute Gasteiger partial charge is 0.182 e. The average Bonchev–Trinajstić information content (AvgIpc) is 3.24. The predicted octanol–water partition coefficient (Wildman–Crippen LogP) is 10.9. The molecule has 0 aliphatic heterocycles. The van der Waals surface area contributed by atoms with Crippen LogP contribution in [0.5, 0.6) is 0 Å². The fourth-order valence-electron chi connectivity index (χ4n) is 6.65. The van der Waals surface area contributed by atoms with Crippen molar-refractivity contribution in [1.82, 2.24) is 29.9 Å². The van der Waals surface area contributed by atoms with Crippen LogP contribution in [0.25, 0.3) is 89.7 Å². The number of hydrogen-bond donors (Lipinski definition) is 0. The predicted molar refractivity (Wildman–Crippen MR) is 210 cm³/mol. The minimum atomic E-state index is 0.535. The molecule has 5 aromatic carbocycles. The third kappa shape index (κ3) is 5.97. The van der Waals surface area contributed by atoms with Crippen molar-refractivity contribution in [3.63, 3.8) is 0 Å². The van der Waals surface area contributed by atoms with Gasteiger partial charge in [-0.2, -0.15) is 0 Å². The molecule has 0 aliphatic carbocycles. The first-order valence-electron chi connectivity index (χ1n) is 17.4. The Labute approximate surface area is 301 Å². The van der Waals surface area contributed by atoms with Gasteiger partial charge in [-0.1, -0.05) is 134 Å². The van der Waals surface area contributed by atoms with Crippen LogP contribution in [0.15, 0.2) is 164 Å². The van der Waals surface area contributed by atoms with Crippen LogP contribution in [0.4, 0.5) is 0 Å². The summed E-state index contributed by atoms with van der Waals surface area (Å²) in [5.74, 6) is 1.74. The second kappa shape index (κ2) is 13.4. The van der Waals surface area contributed by atoms with Crippen LogP contribution in [-0.2, 0) is 6.42 Å². The lowest BCUT2D eigenvalue weighted by Crippen LogP contribution is -2.01. The number of pyridine rings is 3. The van der Waals surface area contributed by atoms with Crippen molar-refractivity contribution in [3.8, 4) is 67.9 Å². The molecule has 0 fully saturated rings. The summed E-state index contributed by atoms with van der Waals surface area (Å²) in [4.78, 5) is 29.5. The van der Waals surface area contributed by atoms with Gasteiger partial charge in [0, 0.05) is 39.2 Å². The maximum absolute atomic E-state index is 5.25. The van der Waals surface area contributed by atoms with E-state index in [9.17, 15) is 0 Å². The Morgan fingerprint density at radius 1 is 0.385 bits per heavy atom. The lowest BCUT2D eigenvalue weighted by atomic mass is 9.98. The van der Waals surface area contributed by atoms with E-state index in [4.69, 9.17) is 24.9 Å². The lowest BCUT2D eigenvalue weighted by molar-refractivity contribution is 1.06. The van der Waals surface area contributed by atoms with Gasteiger partial charge in [-0.05, 0) is 53.4 Å². The highest BCUT2D eigenvalue weighted by atomic mass is 15.0. The van der Waals surface area contributed by atoms with E-state index < -0.39 is 0 Å². The maximum Gasteiger partial charge on any atom is 0.182 e. The third-order valence-corrected chi connectivity index (χ3v) is 9.37. The molecule has 0 radical (unpaired) electrons. The normalized spacial score (nSPS) is 11.2. The van der Waals surface area contributed by atoms with Gasteiger partial charge in [0.15, 0.2) is 17.5 Å². The largest absolute Gasteiger partial charge is 0.253 e. The molecule has 6 heteroatoms. The Morgan fingerprint density at radius 2 is 1.00 bits per heavy atom. The van der Waals surface area contributed by atoms with Crippen molar-refractivity contribution in [1.29, 1.82) is 0 Å². The topological polar surface area (TPSA) is 77.3 Å². The van der Waals surface area contributed by atoms with E-state index in [1.807, 2.05) is 78.9 Å². The van der Waals surface area contributed by atoms with E-state index in [1.165, 1.54) is 5.56 Å². The molecule has 0 bridgehead atoms. The maximum atomic E-state index is 5.25. The van der Waals surface area contributed by atoms with Crippen molar-refractivity contribution >= 4 is 21.8 Å². The Balaban J connectivity index is 1.09. The molecular weight excluding hydrogens is 637 g/mol. The van der Waals surface area contributed by atoms with Gasteiger partial charge in [-0.3, -0.25) is 4.98 Å². The summed E-state index contributed by atoms with van der Waals surface area (Å²) < 4.78 is 0. The quantitative estimate of drug-likeness (QED) is 0.157. The van der Waals surface area contributed by atoms with Gasteiger partial charge < -0.3 is 0 Å². The Bertz CT molecular complexity index is 2640. The van der Waals surface area contributed by atoms with Gasteiger partial charge in [0.2, 0.25) is 0 Å². The Kier molecular flexibility index (Phi) is 8.02. The van der Waals surface area contributed by atoms with E-state index in [0.717, 1.165) is 73.0 Å². The molecule has 0 N–H and O–H groups in total. The highest BCUT2D eigenvalue weighted by Crippen LogP contribution is 2.33. The molecule has 0 spiro atoms. The highest BCUT2D eigenvalue weighted by Gasteiger charge is 2.15. The van der Waals surface area contributed by atoms with Crippen LogP contribution in [0.1, 0.15) is 12.5 Å². The van der Waals surface area contributed by atoms with Crippen molar-refractivity contribution in [2.75, 3.05) is 0 Å². The zero-order valence-corrected chi connectivity index (χ0v) is 28.5. The van der Waals surface area contributed by atoms with E-state index in [2.05, 4.69) is 90.8 Å². The molecule has 0 amide bonds. The molecule has 9 rings (SSSR count). The summed E-state index contributed by atoms with van der Waals surface area (Å²) >= 11 is 0. The summed E-state index contributed by atoms with van der Waals surface area (Å²) in [6.45, 7) is 2.20. The monoisotopic (exact) mass is 668 g/mol. The first kappa shape index (κ1) is 31.1. The van der Waals surface area contributed by atoms with Crippen LogP contribution in [0, 0.1) is 0 Å². The number of aryl methyl sites for hydroxylation is 1. The summed E-state index contributed by atoms with van der Waals surface area (Å²) in [7, 11) is 0. The standard InChI is InChI=1S/C46H32N6/c1-2-30-29-41(49-43-38(30)25-23-34-24-26-39(48-42(34)43)32-12-5-3-6-13-32)33-21-19-31(20-22-33)36-16-11-17-37(28-36)45-50-44(35-14-7-4-8-15-35)51-46(52-45)40-18-9-10-27-47-40/h3-29H,2H2,1H3. The Morgan fingerprint density at radius 3 is 1.75 bits per heavy atom. The zero-order valence-electron chi connectivity index (χ0n) is 28.5. The molecule has 0 atom stereocenters. The first-order chi connectivity index (χ1) is 25.7. The van der Waals surface area contributed by atoms with Gasteiger partial charge in [0.05, 0.1) is 22.4 Å². The molecule has 0 saturated heterocycles. The molecule has 4 heterocycles. The molecule has 52 heavy (non-hydrogen) atoms. The third-order valence-electron chi connectivity index (χ3n) is 9.37. The highest BCUT2D eigenvalue weighted by molar-refractivity contribution is 6.05. The fraction of sp³-hybridized carbons (Fsp3) is 0.0435. The number of nitrogens with zero attached hydrogens (tertiary/aromatic N) is 6. The van der Waals surface area contributed by atoms with E-state index in [-0.39, 0.29) is 0 Å². The number of fused-ring (bicyclic) bond motifs is 3. The summed E-state index contributed by atoms with van der Waals surface area (Å²) in [5.41, 5.74) is 11.8. The minimum absolute atomic E-state index is 0.535. The van der Waals surface area contributed by atoms with Crippen LogP contribution in [0.2, 0.25) is 0 Å².